The molecule has 25 heavy (non-hydrogen) atoms. The Hall–Kier alpha value is -1.92. The van der Waals surface area contributed by atoms with Crippen LogP contribution in [0.4, 0.5) is 5.95 Å². The molecule has 2 saturated heterocycles. The molecule has 1 unspecified atom stereocenters. The zero-order valence-corrected chi connectivity index (χ0v) is 14.6. The van der Waals surface area contributed by atoms with Gasteiger partial charge in [0.15, 0.2) is 0 Å². The molecule has 2 aliphatic heterocycles. The summed E-state index contributed by atoms with van der Waals surface area (Å²) in [7, 11) is 0. The standard InChI is InChI=1S/C19H26N4O2/c24-18(17-9-6-14-25-17)21-19-20-15-7-2-3-8-16(15)23(19)13-12-22-10-4-1-5-11-22/h2-3,7-8,17H,1,4-6,9-14H2,(H,20,21,24). The van der Waals surface area contributed by atoms with Crippen LogP contribution in [0.25, 0.3) is 11.0 Å². The van der Waals surface area contributed by atoms with Gasteiger partial charge in [-0.2, -0.15) is 0 Å². The van der Waals surface area contributed by atoms with Gasteiger partial charge >= 0.3 is 0 Å². The third-order valence-electron chi connectivity index (χ3n) is 5.20. The van der Waals surface area contributed by atoms with Gasteiger partial charge in [0.25, 0.3) is 5.91 Å². The van der Waals surface area contributed by atoms with E-state index in [1.54, 1.807) is 0 Å². The van der Waals surface area contributed by atoms with Crippen LogP contribution in [0.3, 0.4) is 0 Å². The maximum Gasteiger partial charge on any atom is 0.255 e. The van der Waals surface area contributed by atoms with Crippen molar-refractivity contribution in [3.8, 4) is 0 Å². The van der Waals surface area contributed by atoms with Crippen LogP contribution < -0.4 is 5.32 Å². The van der Waals surface area contributed by atoms with Gasteiger partial charge in [-0.3, -0.25) is 10.1 Å². The topological polar surface area (TPSA) is 59.4 Å². The fourth-order valence-corrected chi connectivity index (χ4v) is 3.80. The Labute approximate surface area is 148 Å². The Morgan fingerprint density at radius 2 is 2.00 bits per heavy atom. The fraction of sp³-hybridized carbons (Fsp3) is 0.579. The van der Waals surface area contributed by atoms with Crippen molar-refractivity contribution in [2.45, 2.75) is 44.8 Å². The Kier molecular flexibility index (Phi) is 4.99. The van der Waals surface area contributed by atoms with Crippen molar-refractivity contribution in [3.63, 3.8) is 0 Å². The van der Waals surface area contributed by atoms with E-state index in [2.05, 4.69) is 25.8 Å². The number of aromatic nitrogens is 2. The lowest BCUT2D eigenvalue weighted by atomic mass is 10.1. The number of hydrogen-bond acceptors (Lipinski definition) is 4. The molecule has 3 heterocycles. The Balaban J connectivity index is 1.53. The van der Waals surface area contributed by atoms with Gasteiger partial charge in [0.1, 0.15) is 6.10 Å². The zero-order valence-electron chi connectivity index (χ0n) is 14.6. The molecule has 1 N–H and O–H groups in total. The summed E-state index contributed by atoms with van der Waals surface area (Å²) < 4.78 is 7.63. The van der Waals surface area contributed by atoms with Gasteiger partial charge in [0.2, 0.25) is 5.95 Å². The van der Waals surface area contributed by atoms with E-state index in [4.69, 9.17) is 4.74 Å². The van der Waals surface area contributed by atoms with Crippen LogP contribution in [0.2, 0.25) is 0 Å². The molecule has 2 aliphatic rings. The number of nitrogens with zero attached hydrogens (tertiary/aromatic N) is 3. The predicted molar refractivity (Wildman–Crippen MR) is 97.6 cm³/mol. The Morgan fingerprint density at radius 1 is 1.16 bits per heavy atom. The molecule has 1 aromatic carbocycles. The second-order valence-corrected chi connectivity index (χ2v) is 6.97. The maximum absolute atomic E-state index is 12.4. The number of nitrogens with one attached hydrogen (secondary N) is 1. The lowest BCUT2D eigenvalue weighted by Gasteiger charge is -2.26. The summed E-state index contributed by atoms with van der Waals surface area (Å²) in [5.74, 6) is 0.561. The third kappa shape index (κ3) is 3.70. The molecule has 0 aliphatic carbocycles. The summed E-state index contributed by atoms with van der Waals surface area (Å²) >= 11 is 0. The molecule has 1 atom stereocenters. The first-order chi connectivity index (χ1) is 12.3. The number of anilines is 1. The predicted octanol–water partition coefficient (Wildman–Crippen LogP) is 2.64. The van der Waals surface area contributed by atoms with Gasteiger partial charge in [-0.1, -0.05) is 18.6 Å². The first kappa shape index (κ1) is 16.5. The molecule has 2 aromatic rings. The third-order valence-corrected chi connectivity index (χ3v) is 5.20. The van der Waals surface area contributed by atoms with Crippen molar-refractivity contribution >= 4 is 22.9 Å². The number of imidazole rings is 1. The average Bonchev–Trinajstić information content (AvgIpc) is 3.29. The van der Waals surface area contributed by atoms with Crippen molar-refractivity contribution < 1.29 is 9.53 Å². The molecule has 0 radical (unpaired) electrons. The number of benzene rings is 1. The number of para-hydroxylation sites is 2. The van der Waals surface area contributed by atoms with E-state index in [0.29, 0.717) is 12.6 Å². The minimum absolute atomic E-state index is 0.0768. The Morgan fingerprint density at radius 3 is 2.80 bits per heavy atom. The van der Waals surface area contributed by atoms with Gasteiger partial charge in [-0.05, 0) is 50.9 Å². The molecule has 4 rings (SSSR count). The Bertz CT molecular complexity index is 730. The lowest BCUT2D eigenvalue weighted by Crippen LogP contribution is -2.33. The van der Waals surface area contributed by atoms with Crippen molar-refractivity contribution in [1.29, 1.82) is 0 Å². The maximum atomic E-state index is 12.4. The summed E-state index contributed by atoms with van der Waals surface area (Å²) in [5.41, 5.74) is 1.99. The SMILES string of the molecule is O=C(Nc1nc2ccccc2n1CCN1CCCCC1)C1CCCO1. The highest BCUT2D eigenvalue weighted by Gasteiger charge is 2.25. The highest BCUT2D eigenvalue weighted by atomic mass is 16.5. The van der Waals surface area contributed by atoms with E-state index < -0.39 is 0 Å². The van der Waals surface area contributed by atoms with Gasteiger partial charge in [0, 0.05) is 19.7 Å². The van der Waals surface area contributed by atoms with Crippen LogP contribution >= 0.6 is 0 Å². The monoisotopic (exact) mass is 342 g/mol. The smallest absolute Gasteiger partial charge is 0.255 e. The molecule has 134 valence electrons. The first-order valence-corrected chi connectivity index (χ1v) is 9.41. The molecule has 6 nitrogen and oxygen atoms in total. The largest absolute Gasteiger partial charge is 0.368 e. The summed E-state index contributed by atoms with van der Waals surface area (Å²) in [6, 6.07) is 8.07. The first-order valence-electron chi connectivity index (χ1n) is 9.41. The van der Waals surface area contributed by atoms with Gasteiger partial charge in [-0.25, -0.2) is 4.98 Å². The van der Waals surface area contributed by atoms with Crippen LogP contribution in [0.5, 0.6) is 0 Å². The molecule has 0 spiro atoms. The van der Waals surface area contributed by atoms with Gasteiger partial charge < -0.3 is 14.2 Å². The summed E-state index contributed by atoms with van der Waals surface area (Å²) in [5, 5.41) is 3.00. The number of ether oxygens (including phenoxy) is 1. The highest BCUT2D eigenvalue weighted by Crippen LogP contribution is 2.21. The number of fused-ring (bicyclic) bond motifs is 1. The van der Waals surface area contributed by atoms with Crippen LogP contribution in [-0.2, 0) is 16.1 Å². The normalized spacial score (nSPS) is 21.7. The molecule has 1 aromatic heterocycles. The number of likely N-dealkylation sites (tertiary alicyclic amines) is 1. The number of hydrogen-bond donors (Lipinski definition) is 1. The molecule has 1 amide bonds. The minimum Gasteiger partial charge on any atom is -0.368 e. The van der Waals surface area contributed by atoms with Crippen LogP contribution in [-0.4, -0.2) is 52.7 Å². The molecule has 2 fully saturated rings. The summed E-state index contributed by atoms with van der Waals surface area (Å²) in [4.78, 5) is 19.6. The quantitative estimate of drug-likeness (QED) is 0.907. The molecule has 0 bridgehead atoms. The fourth-order valence-electron chi connectivity index (χ4n) is 3.80. The van der Waals surface area contributed by atoms with Gasteiger partial charge in [-0.15, -0.1) is 0 Å². The summed E-state index contributed by atoms with van der Waals surface area (Å²) in [6.45, 7) is 4.84. The van der Waals surface area contributed by atoms with Gasteiger partial charge in [0.05, 0.1) is 11.0 Å². The van der Waals surface area contributed by atoms with E-state index in [1.165, 1.54) is 32.4 Å². The number of amides is 1. The van der Waals surface area contributed by atoms with Crippen LogP contribution in [0.15, 0.2) is 24.3 Å². The summed E-state index contributed by atoms with van der Waals surface area (Å²) in [6.07, 6.45) is 5.31. The van der Waals surface area contributed by atoms with E-state index >= 15 is 0 Å². The second-order valence-electron chi connectivity index (χ2n) is 6.97. The number of rotatable bonds is 5. The molecular formula is C19H26N4O2. The van der Waals surface area contributed by atoms with Crippen molar-refractivity contribution in [2.24, 2.45) is 0 Å². The van der Waals surface area contributed by atoms with Crippen molar-refractivity contribution in [2.75, 3.05) is 31.6 Å². The number of carbonyl (C=O) groups excluding carboxylic acids is 1. The van der Waals surface area contributed by atoms with Crippen LogP contribution in [0, 0.1) is 0 Å². The van der Waals surface area contributed by atoms with Crippen molar-refractivity contribution in [1.82, 2.24) is 14.5 Å². The zero-order chi connectivity index (χ0) is 17.1. The number of carbonyl (C=O) groups is 1. The minimum atomic E-state index is -0.338. The van der Waals surface area contributed by atoms with E-state index in [-0.39, 0.29) is 12.0 Å². The highest BCUT2D eigenvalue weighted by molar-refractivity contribution is 5.94. The second kappa shape index (κ2) is 7.54. The lowest BCUT2D eigenvalue weighted by molar-refractivity contribution is -0.124. The van der Waals surface area contributed by atoms with Crippen molar-refractivity contribution in [3.05, 3.63) is 24.3 Å². The molecular weight excluding hydrogens is 316 g/mol. The average molecular weight is 342 g/mol. The number of piperidine rings is 1. The van der Waals surface area contributed by atoms with Crippen LogP contribution in [0.1, 0.15) is 32.1 Å². The van der Waals surface area contributed by atoms with E-state index in [0.717, 1.165) is 37.0 Å². The molecule has 0 saturated carbocycles. The van der Waals surface area contributed by atoms with E-state index in [9.17, 15) is 4.79 Å². The molecule has 6 heteroatoms. The van der Waals surface area contributed by atoms with E-state index in [1.807, 2.05) is 18.2 Å².